The lowest BCUT2D eigenvalue weighted by atomic mass is 9.47. The van der Waals surface area contributed by atoms with E-state index in [4.69, 9.17) is 0 Å². The predicted molar refractivity (Wildman–Crippen MR) is 114 cm³/mol. The average Bonchev–Trinajstić information content (AvgIpc) is 3.07. The Morgan fingerprint density at radius 2 is 1.85 bits per heavy atom. The number of allylic oxidation sites excluding steroid dienone is 4. The predicted octanol–water partition coefficient (Wildman–Crippen LogP) is 6.00. The van der Waals surface area contributed by atoms with Gasteiger partial charge in [-0.25, -0.2) is 0 Å². The third-order valence-corrected chi connectivity index (χ3v) is 8.57. The van der Waals surface area contributed by atoms with Crippen LogP contribution in [0.3, 0.4) is 0 Å². The van der Waals surface area contributed by atoms with Gasteiger partial charge in [-0.1, -0.05) is 44.1 Å². The topological polar surface area (TPSA) is 38.9 Å². The molecular formula is C25H36N2. The first-order chi connectivity index (χ1) is 13.1. The monoisotopic (exact) mass is 364 g/mol. The van der Waals surface area contributed by atoms with Crippen LogP contribution in [0.1, 0.15) is 70.8 Å². The van der Waals surface area contributed by atoms with Crippen LogP contribution < -0.4 is 5.73 Å². The fourth-order valence-electron chi connectivity index (χ4n) is 7.24. The van der Waals surface area contributed by atoms with Crippen LogP contribution in [0.25, 0.3) is 5.57 Å². The molecule has 0 saturated heterocycles. The van der Waals surface area contributed by atoms with E-state index >= 15 is 0 Å². The average molecular weight is 365 g/mol. The summed E-state index contributed by atoms with van der Waals surface area (Å²) in [5.41, 5.74) is 10.1. The van der Waals surface area contributed by atoms with Crippen LogP contribution in [0.4, 0.5) is 0 Å². The molecule has 0 aliphatic heterocycles. The van der Waals surface area contributed by atoms with Crippen LogP contribution in [-0.4, -0.2) is 12.0 Å². The van der Waals surface area contributed by atoms with Crippen LogP contribution in [0.5, 0.6) is 0 Å². The smallest absolute Gasteiger partial charge is 0.0343 e. The highest BCUT2D eigenvalue weighted by Gasteiger charge is 2.56. The molecule has 4 aliphatic carbocycles. The molecule has 1 aromatic heterocycles. The highest BCUT2D eigenvalue weighted by atomic mass is 14.6. The van der Waals surface area contributed by atoms with Crippen LogP contribution in [0.15, 0.2) is 42.3 Å². The Morgan fingerprint density at radius 1 is 1.00 bits per heavy atom. The third kappa shape index (κ3) is 2.83. The second-order valence-electron chi connectivity index (χ2n) is 9.52. The molecule has 0 spiro atoms. The van der Waals surface area contributed by atoms with Gasteiger partial charge in [0.1, 0.15) is 0 Å². The summed E-state index contributed by atoms with van der Waals surface area (Å²) in [6.07, 6.45) is 20.3. The largest absolute Gasteiger partial charge is 0.333 e. The van der Waals surface area contributed by atoms with Gasteiger partial charge in [0.2, 0.25) is 0 Å². The maximum Gasteiger partial charge on any atom is 0.0343 e. The van der Waals surface area contributed by atoms with Crippen molar-refractivity contribution in [2.24, 2.45) is 34.3 Å². The minimum absolute atomic E-state index is 0.362. The zero-order chi connectivity index (χ0) is 19.1. The Kier molecular flexibility index (Phi) is 5.05. The Balaban J connectivity index is 0.000000872. The van der Waals surface area contributed by atoms with Gasteiger partial charge in [0, 0.05) is 12.4 Å². The normalized spacial score (nSPS) is 39.8. The van der Waals surface area contributed by atoms with Gasteiger partial charge in [-0.15, -0.1) is 0 Å². The Bertz CT molecular complexity index is 734. The molecule has 0 amide bonds. The lowest BCUT2D eigenvalue weighted by molar-refractivity contribution is -0.00980. The van der Waals surface area contributed by atoms with Crippen molar-refractivity contribution in [2.75, 3.05) is 7.05 Å². The summed E-state index contributed by atoms with van der Waals surface area (Å²) >= 11 is 0. The molecule has 2 saturated carbocycles. The molecular weight excluding hydrogens is 328 g/mol. The van der Waals surface area contributed by atoms with Crippen molar-refractivity contribution in [3.8, 4) is 0 Å². The summed E-state index contributed by atoms with van der Waals surface area (Å²) < 4.78 is 0. The van der Waals surface area contributed by atoms with E-state index in [0.717, 1.165) is 17.8 Å². The van der Waals surface area contributed by atoms with Gasteiger partial charge in [-0.3, -0.25) is 4.98 Å². The molecule has 27 heavy (non-hydrogen) atoms. The van der Waals surface area contributed by atoms with Crippen molar-refractivity contribution in [1.29, 1.82) is 0 Å². The second-order valence-corrected chi connectivity index (χ2v) is 9.52. The maximum absolute atomic E-state index is 4.50. The molecule has 5 unspecified atom stereocenters. The number of fused-ring (bicyclic) bond motifs is 5. The number of nitrogens with two attached hydrogens (primary N) is 1. The number of rotatable bonds is 1. The van der Waals surface area contributed by atoms with Crippen LogP contribution in [-0.2, 0) is 0 Å². The molecule has 2 fully saturated rings. The van der Waals surface area contributed by atoms with Crippen LogP contribution in [0.2, 0.25) is 0 Å². The Labute approximate surface area is 165 Å². The van der Waals surface area contributed by atoms with E-state index in [-0.39, 0.29) is 0 Å². The Hall–Kier alpha value is -1.41. The third-order valence-electron chi connectivity index (χ3n) is 8.57. The zero-order valence-electron chi connectivity index (χ0n) is 17.4. The lowest BCUT2D eigenvalue weighted by Crippen LogP contribution is -2.48. The summed E-state index contributed by atoms with van der Waals surface area (Å²) in [7, 11) is 1.50. The first kappa shape index (κ1) is 18.9. The molecule has 0 radical (unpaired) electrons. The molecule has 2 nitrogen and oxygen atoms in total. The SMILES string of the molecule is CC12CCCCC1=CCC1C2CCC2(C)C(c3cccnc3)=CCC12.CN. The van der Waals surface area contributed by atoms with Crippen LogP contribution in [0, 0.1) is 28.6 Å². The number of hydrogen-bond acceptors (Lipinski definition) is 2. The first-order valence-electron chi connectivity index (χ1n) is 11.0. The fraction of sp³-hybridized carbons (Fsp3) is 0.640. The quantitative estimate of drug-likeness (QED) is 0.620. The fourth-order valence-corrected chi connectivity index (χ4v) is 7.24. The van der Waals surface area contributed by atoms with Gasteiger partial charge in [0.25, 0.3) is 0 Å². The van der Waals surface area contributed by atoms with Gasteiger partial charge in [-0.2, -0.15) is 0 Å². The standard InChI is InChI=1S/C24H31N.CH5N/c1-23-13-4-3-7-18(23)8-9-19-21-11-10-20(17-6-5-15-25-16-17)24(21,2)14-12-22(19)23;1-2/h5-6,8,10,15-16,19,21-22H,3-4,7,9,11-14H2,1-2H3;2H2,1H3. The van der Waals surface area contributed by atoms with E-state index < -0.39 is 0 Å². The number of nitrogens with zero attached hydrogens (tertiary/aromatic N) is 1. The van der Waals surface area contributed by atoms with Crippen molar-refractivity contribution in [1.82, 2.24) is 4.98 Å². The van der Waals surface area contributed by atoms with Crippen molar-refractivity contribution < 1.29 is 0 Å². The lowest BCUT2D eigenvalue weighted by Gasteiger charge is -2.57. The minimum atomic E-state index is 0.362. The van der Waals surface area contributed by atoms with Crippen molar-refractivity contribution in [2.45, 2.75) is 65.2 Å². The molecule has 0 bridgehead atoms. The molecule has 2 heteroatoms. The molecule has 2 N–H and O–H groups in total. The van der Waals surface area contributed by atoms with Crippen molar-refractivity contribution in [3.63, 3.8) is 0 Å². The van der Waals surface area contributed by atoms with E-state index in [1.54, 1.807) is 5.57 Å². The summed E-state index contributed by atoms with van der Waals surface area (Å²) in [6, 6.07) is 4.36. The van der Waals surface area contributed by atoms with E-state index in [2.05, 4.69) is 55.0 Å². The first-order valence-corrected chi connectivity index (χ1v) is 11.0. The second kappa shape index (κ2) is 7.20. The molecule has 146 valence electrons. The highest BCUT2D eigenvalue weighted by Crippen LogP contribution is 2.66. The van der Waals surface area contributed by atoms with E-state index in [1.807, 2.05) is 11.8 Å². The summed E-state index contributed by atoms with van der Waals surface area (Å²) in [5, 5.41) is 0. The summed E-state index contributed by atoms with van der Waals surface area (Å²) in [6.45, 7) is 5.17. The van der Waals surface area contributed by atoms with Crippen molar-refractivity contribution >= 4 is 5.57 Å². The van der Waals surface area contributed by atoms with Crippen molar-refractivity contribution in [3.05, 3.63) is 47.8 Å². The van der Waals surface area contributed by atoms with Gasteiger partial charge in [0.05, 0.1) is 0 Å². The van der Waals surface area contributed by atoms with Gasteiger partial charge >= 0.3 is 0 Å². The van der Waals surface area contributed by atoms with E-state index in [0.29, 0.717) is 10.8 Å². The van der Waals surface area contributed by atoms with Gasteiger partial charge < -0.3 is 5.73 Å². The highest BCUT2D eigenvalue weighted by molar-refractivity contribution is 5.72. The van der Waals surface area contributed by atoms with Gasteiger partial charge in [0.15, 0.2) is 0 Å². The van der Waals surface area contributed by atoms with Gasteiger partial charge in [-0.05, 0) is 97.8 Å². The number of aromatic nitrogens is 1. The molecule has 5 rings (SSSR count). The molecule has 0 aromatic carbocycles. The Morgan fingerprint density at radius 3 is 2.63 bits per heavy atom. The van der Waals surface area contributed by atoms with Crippen LogP contribution >= 0.6 is 0 Å². The summed E-state index contributed by atoms with van der Waals surface area (Å²) in [5.74, 6) is 2.64. The molecule has 1 aromatic rings. The molecule has 1 heterocycles. The molecule has 5 atom stereocenters. The number of hydrogen-bond donors (Lipinski definition) is 1. The van der Waals surface area contributed by atoms with E-state index in [9.17, 15) is 0 Å². The maximum atomic E-state index is 4.50. The molecule has 4 aliphatic rings. The zero-order valence-corrected chi connectivity index (χ0v) is 17.4. The summed E-state index contributed by atoms with van der Waals surface area (Å²) in [4.78, 5) is 4.39. The minimum Gasteiger partial charge on any atom is -0.333 e. The van der Waals surface area contributed by atoms with E-state index in [1.165, 1.54) is 64.0 Å². The number of pyridine rings is 1.